The number of rotatable bonds is 4. The number of aliphatic hydroxyl groups excluding tert-OH is 1. The van der Waals surface area contributed by atoms with Crippen LogP contribution in [0.15, 0.2) is 24.3 Å². The Bertz CT molecular complexity index is 604. The number of hydrogen-bond donors (Lipinski definition) is 5. The molecule has 0 saturated heterocycles. The van der Waals surface area contributed by atoms with E-state index in [4.69, 9.17) is 10.8 Å². The number of nitrogen functional groups attached to an aromatic ring is 1. The zero-order valence-corrected chi connectivity index (χ0v) is 10.6. The average Bonchev–Trinajstić information content (AvgIpc) is 2.79. The number of aromatic nitrogens is 1. The van der Waals surface area contributed by atoms with Crippen molar-refractivity contribution < 1.29 is 15.0 Å². The molecular formula is C13H17N3O3. The highest BCUT2D eigenvalue weighted by atomic mass is 16.3. The summed E-state index contributed by atoms with van der Waals surface area (Å²) < 4.78 is 0. The molecule has 19 heavy (non-hydrogen) atoms. The quantitative estimate of drug-likeness (QED) is 0.508. The molecule has 1 aromatic heterocycles. The van der Waals surface area contributed by atoms with E-state index in [9.17, 15) is 9.90 Å². The van der Waals surface area contributed by atoms with E-state index in [0.717, 1.165) is 10.9 Å². The van der Waals surface area contributed by atoms with Crippen LogP contribution in [0.1, 0.15) is 17.4 Å². The molecule has 0 saturated carbocycles. The minimum absolute atomic E-state index is 0.0279. The predicted molar refractivity (Wildman–Crippen MR) is 72.8 cm³/mol. The molecule has 0 aliphatic heterocycles. The van der Waals surface area contributed by atoms with Crippen molar-refractivity contribution in [2.75, 3.05) is 18.9 Å². The number of aliphatic hydroxyl groups is 2. The van der Waals surface area contributed by atoms with Crippen LogP contribution >= 0.6 is 0 Å². The van der Waals surface area contributed by atoms with Gasteiger partial charge in [0.1, 0.15) is 11.3 Å². The minimum Gasteiger partial charge on any atom is -0.399 e. The number of aromatic amines is 1. The number of benzene rings is 1. The number of amides is 1. The first kappa shape index (κ1) is 13.4. The lowest BCUT2D eigenvalue weighted by atomic mass is 10.1. The van der Waals surface area contributed by atoms with Gasteiger partial charge in [-0.25, -0.2) is 0 Å². The molecule has 1 atom stereocenters. The Morgan fingerprint density at radius 1 is 1.47 bits per heavy atom. The van der Waals surface area contributed by atoms with Crippen molar-refractivity contribution in [3.05, 3.63) is 30.0 Å². The lowest BCUT2D eigenvalue weighted by molar-refractivity contribution is 0.00317. The molecule has 1 aromatic carbocycles. The van der Waals surface area contributed by atoms with E-state index in [0.29, 0.717) is 11.4 Å². The lowest BCUT2D eigenvalue weighted by Crippen LogP contribution is -2.43. The van der Waals surface area contributed by atoms with Gasteiger partial charge < -0.3 is 26.2 Å². The van der Waals surface area contributed by atoms with Crippen LogP contribution in [-0.2, 0) is 0 Å². The molecule has 0 bridgehead atoms. The molecule has 1 heterocycles. The molecule has 0 fully saturated rings. The van der Waals surface area contributed by atoms with E-state index >= 15 is 0 Å². The maximum absolute atomic E-state index is 11.9. The molecule has 1 unspecified atom stereocenters. The molecular weight excluding hydrogens is 246 g/mol. The van der Waals surface area contributed by atoms with Crippen LogP contribution in [0.3, 0.4) is 0 Å². The monoisotopic (exact) mass is 263 g/mol. The molecule has 6 N–H and O–H groups in total. The topological polar surface area (TPSA) is 111 Å². The molecule has 6 nitrogen and oxygen atoms in total. The maximum Gasteiger partial charge on any atom is 0.267 e. The third kappa shape index (κ3) is 3.04. The van der Waals surface area contributed by atoms with Crippen molar-refractivity contribution in [3.63, 3.8) is 0 Å². The second kappa shape index (κ2) is 4.91. The molecule has 2 aromatic rings. The first-order valence-electron chi connectivity index (χ1n) is 5.91. The number of anilines is 1. The maximum atomic E-state index is 11.9. The van der Waals surface area contributed by atoms with Gasteiger partial charge in [-0.15, -0.1) is 0 Å². The number of carbonyl (C=O) groups excluding carboxylic acids is 1. The molecule has 0 aliphatic carbocycles. The summed E-state index contributed by atoms with van der Waals surface area (Å²) in [6.45, 7) is 0.996. The molecule has 6 heteroatoms. The number of hydrogen-bond acceptors (Lipinski definition) is 4. The van der Waals surface area contributed by atoms with Gasteiger partial charge in [-0.3, -0.25) is 4.79 Å². The molecule has 0 aliphatic rings. The van der Waals surface area contributed by atoms with E-state index < -0.39 is 12.2 Å². The van der Waals surface area contributed by atoms with Crippen LogP contribution < -0.4 is 11.1 Å². The van der Waals surface area contributed by atoms with E-state index in [1.807, 2.05) is 0 Å². The van der Waals surface area contributed by atoms with Crippen LogP contribution in [-0.4, -0.2) is 39.9 Å². The summed E-state index contributed by atoms with van der Waals surface area (Å²) in [7, 11) is 0. The van der Waals surface area contributed by atoms with Crippen LogP contribution in [0.5, 0.6) is 0 Å². The van der Waals surface area contributed by atoms with Crippen molar-refractivity contribution in [2.24, 2.45) is 0 Å². The van der Waals surface area contributed by atoms with Gasteiger partial charge in [0.2, 0.25) is 0 Å². The smallest absolute Gasteiger partial charge is 0.267 e. The Kier molecular flexibility index (Phi) is 3.46. The highest BCUT2D eigenvalue weighted by Crippen LogP contribution is 2.18. The number of nitrogens with two attached hydrogens (primary N) is 1. The second-order valence-corrected chi connectivity index (χ2v) is 4.87. The number of H-pyrrole nitrogens is 1. The normalized spacial score (nSPS) is 14.3. The van der Waals surface area contributed by atoms with Crippen molar-refractivity contribution >= 4 is 22.5 Å². The summed E-state index contributed by atoms with van der Waals surface area (Å²) >= 11 is 0. The van der Waals surface area contributed by atoms with Gasteiger partial charge in [0.25, 0.3) is 5.91 Å². The lowest BCUT2D eigenvalue weighted by Gasteiger charge is -2.20. The number of carbonyl (C=O) groups is 1. The average molecular weight is 263 g/mol. The van der Waals surface area contributed by atoms with Gasteiger partial charge in [-0.2, -0.15) is 0 Å². The van der Waals surface area contributed by atoms with Crippen LogP contribution in [0.4, 0.5) is 5.69 Å². The number of nitrogens with one attached hydrogen (secondary N) is 2. The molecule has 0 spiro atoms. The molecule has 0 radical (unpaired) electrons. The molecule has 2 rings (SSSR count). The van der Waals surface area contributed by atoms with Gasteiger partial charge in [-0.1, -0.05) is 0 Å². The van der Waals surface area contributed by atoms with Crippen molar-refractivity contribution in [3.8, 4) is 0 Å². The highest BCUT2D eigenvalue weighted by molar-refractivity contribution is 5.98. The van der Waals surface area contributed by atoms with Crippen LogP contribution in [0.25, 0.3) is 10.9 Å². The third-order valence-corrected chi connectivity index (χ3v) is 2.86. The summed E-state index contributed by atoms with van der Waals surface area (Å²) in [5, 5.41) is 21.9. The third-order valence-electron chi connectivity index (χ3n) is 2.86. The standard InChI is InChI=1S/C13H17N3O3/c1-13(19,7-17)6-15-12(18)11-5-8-4-9(14)2-3-10(8)16-11/h2-5,16-17,19H,6-7,14H2,1H3,(H,15,18). The Morgan fingerprint density at radius 2 is 2.21 bits per heavy atom. The van der Waals surface area contributed by atoms with Crippen molar-refractivity contribution in [1.29, 1.82) is 0 Å². The van der Waals surface area contributed by atoms with Gasteiger partial charge in [0, 0.05) is 23.1 Å². The fourth-order valence-electron chi connectivity index (χ4n) is 1.70. The summed E-state index contributed by atoms with van der Waals surface area (Å²) in [5.41, 5.74) is 6.16. The van der Waals surface area contributed by atoms with E-state index in [1.54, 1.807) is 24.3 Å². The Hall–Kier alpha value is -2.05. The summed E-state index contributed by atoms with van der Waals surface area (Å²) in [4.78, 5) is 14.9. The fourth-order valence-corrected chi connectivity index (χ4v) is 1.70. The second-order valence-electron chi connectivity index (χ2n) is 4.87. The van der Waals surface area contributed by atoms with E-state index in [2.05, 4.69) is 10.3 Å². The largest absolute Gasteiger partial charge is 0.399 e. The molecule has 102 valence electrons. The summed E-state index contributed by atoms with van der Waals surface area (Å²) in [5.74, 6) is -0.344. The summed E-state index contributed by atoms with van der Waals surface area (Å²) in [6, 6.07) is 7.00. The van der Waals surface area contributed by atoms with E-state index in [1.165, 1.54) is 6.92 Å². The first-order chi connectivity index (χ1) is 8.91. The zero-order chi connectivity index (χ0) is 14.0. The predicted octanol–water partition coefficient (Wildman–Crippen LogP) is 0.223. The zero-order valence-electron chi connectivity index (χ0n) is 10.6. The SMILES string of the molecule is CC(O)(CO)CNC(=O)c1cc2cc(N)ccc2[nH]1. The summed E-state index contributed by atoms with van der Waals surface area (Å²) in [6.07, 6.45) is 0. The fraction of sp³-hybridized carbons (Fsp3) is 0.308. The Morgan fingerprint density at radius 3 is 2.89 bits per heavy atom. The van der Waals surface area contributed by atoms with Gasteiger partial charge >= 0.3 is 0 Å². The highest BCUT2D eigenvalue weighted by Gasteiger charge is 2.20. The first-order valence-corrected chi connectivity index (χ1v) is 5.91. The van der Waals surface area contributed by atoms with Crippen LogP contribution in [0.2, 0.25) is 0 Å². The van der Waals surface area contributed by atoms with E-state index in [-0.39, 0.29) is 12.5 Å². The van der Waals surface area contributed by atoms with Crippen molar-refractivity contribution in [2.45, 2.75) is 12.5 Å². The number of fused-ring (bicyclic) bond motifs is 1. The van der Waals surface area contributed by atoms with Crippen molar-refractivity contribution in [1.82, 2.24) is 10.3 Å². The van der Waals surface area contributed by atoms with Crippen LogP contribution in [0, 0.1) is 0 Å². The Balaban J connectivity index is 2.13. The van der Waals surface area contributed by atoms with Gasteiger partial charge in [-0.05, 0) is 31.2 Å². The molecule has 1 amide bonds. The Labute approximate surface area is 110 Å². The van der Waals surface area contributed by atoms with Gasteiger partial charge in [0.05, 0.1) is 6.61 Å². The van der Waals surface area contributed by atoms with Gasteiger partial charge in [0.15, 0.2) is 0 Å². The minimum atomic E-state index is -1.33.